The average Bonchev–Trinajstić information content (AvgIpc) is 3.13. The van der Waals surface area contributed by atoms with E-state index >= 15 is 0 Å². The van der Waals surface area contributed by atoms with Gasteiger partial charge in [0.15, 0.2) is 0 Å². The molecule has 1 aromatic heterocycles. The van der Waals surface area contributed by atoms with Gasteiger partial charge in [-0.2, -0.15) is 5.26 Å². The molecule has 1 fully saturated rings. The molecule has 2 aromatic rings. The zero-order valence-electron chi connectivity index (χ0n) is 14.7. The first-order valence-corrected chi connectivity index (χ1v) is 10.8. The Kier molecular flexibility index (Phi) is 4.70. The molecule has 0 N–H and O–H groups in total. The first-order chi connectivity index (χ1) is 13.0. The van der Waals surface area contributed by atoms with Gasteiger partial charge in [-0.1, -0.05) is 29.8 Å². The predicted octanol–water partition coefficient (Wildman–Crippen LogP) is 2.97. The minimum atomic E-state index is -3.47. The van der Waals surface area contributed by atoms with Gasteiger partial charge < -0.3 is 4.90 Å². The molecule has 0 amide bonds. The number of pyridine rings is 1. The van der Waals surface area contributed by atoms with Crippen molar-refractivity contribution in [1.82, 2.24) is 4.98 Å². The van der Waals surface area contributed by atoms with Gasteiger partial charge in [0.1, 0.15) is 11.9 Å². The van der Waals surface area contributed by atoms with Gasteiger partial charge in [0.05, 0.1) is 21.5 Å². The van der Waals surface area contributed by atoms with Crippen molar-refractivity contribution < 1.29 is 8.42 Å². The minimum absolute atomic E-state index is 0.347. The van der Waals surface area contributed by atoms with Crippen LogP contribution in [0.5, 0.6) is 0 Å². The Morgan fingerprint density at radius 3 is 2.85 bits per heavy atom. The highest BCUT2D eigenvalue weighted by atomic mass is 35.5. The van der Waals surface area contributed by atoms with Gasteiger partial charge in [-0.3, -0.25) is 4.31 Å². The van der Waals surface area contributed by atoms with Crippen LogP contribution in [0.3, 0.4) is 0 Å². The van der Waals surface area contributed by atoms with Crippen molar-refractivity contribution in [2.45, 2.75) is 24.5 Å². The molecule has 1 aromatic carbocycles. The Labute approximate surface area is 164 Å². The van der Waals surface area contributed by atoms with Crippen molar-refractivity contribution in [2.24, 2.45) is 0 Å². The third-order valence-electron chi connectivity index (χ3n) is 5.20. The molecular formula is C19H19ClN4O2S. The first-order valence-electron chi connectivity index (χ1n) is 8.91. The summed E-state index contributed by atoms with van der Waals surface area (Å²) in [7, 11) is -3.47. The third-order valence-corrected chi connectivity index (χ3v) is 7.70. The molecule has 1 unspecified atom stereocenters. The molecule has 0 saturated carbocycles. The summed E-state index contributed by atoms with van der Waals surface area (Å²) in [5.41, 5.74) is 2.26. The molecule has 1 atom stereocenters. The molecule has 0 bridgehead atoms. The molecule has 3 heterocycles. The lowest BCUT2D eigenvalue weighted by Gasteiger charge is -2.35. The van der Waals surface area contributed by atoms with E-state index in [1.54, 1.807) is 10.4 Å². The summed E-state index contributed by atoms with van der Waals surface area (Å²) in [6.45, 7) is 1.54. The van der Waals surface area contributed by atoms with E-state index < -0.39 is 15.3 Å². The fourth-order valence-electron chi connectivity index (χ4n) is 3.85. The van der Waals surface area contributed by atoms with Gasteiger partial charge in [-0.15, -0.1) is 0 Å². The highest BCUT2D eigenvalue weighted by molar-refractivity contribution is 7.93. The fourth-order valence-corrected chi connectivity index (χ4v) is 6.13. The first kappa shape index (κ1) is 18.1. The summed E-state index contributed by atoms with van der Waals surface area (Å²) in [6.07, 6.45) is 3.58. The number of halogens is 1. The lowest BCUT2D eigenvalue weighted by molar-refractivity contribution is 0.527. The predicted molar refractivity (Wildman–Crippen MR) is 106 cm³/mol. The van der Waals surface area contributed by atoms with E-state index in [-0.39, 0.29) is 0 Å². The van der Waals surface area contributed by atoms with Gasteiger partial charge in [-0.05, 0) is 37.0 Å². The van der Waals surface area contributed by atoms with Gasteiger partial charge in [0.25, 0.3) is 0 Å². The molecule has 0 radical (unpaired) electrons. The van der Waals surface area contributed by atoms with Crippen LogP contribution < -0.4 is 9.21 Å². The largest absolute Gasteiger partial charge is 0.354 e. The van der Waals surface area contributed by atoms with Crippen molar-refractivity contribution in [1.29, 1.82) is 5.26 Å². The zero-order chi connectivity index (χ0) is 19.0. The van der Waals surface area contributed by atoms with Crippen LogP contribution in [0.15, 0.2) is 36.5 Å². The normalized spacial score (nSPS) is 19.6. The number of hydrogen-bond donors (Lipinski definition) is 0. The van der Waals surface area contributed by atoms with Crippen molar-refractivity contribution in [2.75, 3.05) is 28.8 Å². The summed E-state index contributed by atoms with van der Waals surface area (Å²) in [4.78, 5) is 6.20. The Morgan fingerprint density at radius 1 is 1.26 bits per heavy atom. The molecule has 27 heavy (non-hydrogen) atoms. The van der Waals surface area contributed by atoms with Gasteiger partial charge in [0.2, 0.25) is 10.0 Å². The molecule has 0 aliphatic carbocycles. The number of aromatic nitrogens is 1. The van der Waals surface area contributed by atoms with E-state index in [0.717, 1.165) is 24.1 Å². The number of fused-ring (bicyclic) bond motifs is 1. The standard InChI is InChI=1S/C19H19ClN4O2S/c20-17-10-14(11-21)12-22-19(17)23-8-3-5-16(13-23)27(25,26)24-9-7-15-4-1-2-6-18(15)24/h1-2,4,6,10,12,16H,3,5,7-9,13H2. The Bertz CT molecular complexity index is 1020. The maximum absolute atomic E-state index is 13.3. The molecule has 2 aliphatic heterocycles. The second-order valence-corrected chi connectivity index (χ2v) is 9.39. The maximum atomic E-state index is 13.3. The third kappa shape index (κ3) is 3.24. The highest BCUT2D eigenvalue weighted by Gasteiger charge is 2.38. The van der Waals surface area contributed by atoms with Crippen molar-refractivity contribution in [3.63, 3.8) is 0 Å². The van der Waals surface area contributed by atoms with Gasteiger partial charge >= 0.3 is 0 Å². The van der Waals surface area contributed by atoms with Gasteiger partial charge in [0, 0.05) is 25.8 Å². The second-order valence-electron chi connectivity index (χ2n) is 6.85. The van der Waals surface area contributed by atoms with Crippen LogP contribution in [-0.2, 0) is 16.4 Å². The van der Waals surface area contributed by atoms with E-state index in [9.17, 15) is 8.42 Å². The van der Waals surface area contributed by atoms with Crippen LogP contribution in [0.4, 0.5) is 11.5 Å². The van der Waals surface area contributed by atoms with E-state index in [0.29, 0.717) is 42.5 Å². The SMILES string of the molecule is N#Cc1cnc(N2CCCC(S(=O)(=O)N3CCc4ccccc43)C2)c(Cl)c1. The Balaban J connectivity index is 1.59. The highest BCUT2D eigenvalue weighted by Crippen LogP contribution is 2.34. The number of sulfonamides is 1. The average molecular weight is 403 g/mol. The molecule has 8 heteroatoms. The fraction of sp³-hybridized carbons (Fsp3) is 0.368. The van der Waals surface area contributed by atoms with Crippen molar-refractivity contribution in [3.8, 4) is 6.07 Å². The zero-order valence-corrected chi connectivity index (χ0v) is 16.2. The summed E-state index contributed by atoms with van der Waals surface area (Å²) in [6, 6.07) is 11.3. The lowest BCUT2D eigenvalue weighted by atomic mass is 10.1. The number of nitriles is 1. The number of anilines is 2. The topological polar surface area (TPSA) is 77.3 Å². The van der Waals surface area contributed by atoms with Crippen LogP contribution in [0.1, 0.15) is 24.0 Å². The quantitative estimate of drug-likeness (QED) is 0.788. The molecule has 1 saturated heterocycles. The van der Waals surface area contributed by atoms with Gasteiger partial charge in [-0.25, -0.2) is 13.4 Å². The molecule has 140 valence electrons. The smallest absolute Gasteiger partial charge is 0.239 e. The Hall–Kier alpha value is -2.30. The molecular weight excluding hydrogens is 384 g/mol. The molecule has 6 nitrogen and oxygen atoms in total. The van der Waals surface area contributed by atoms with Crippen LogP contribution in [0, 0.1) is 11.3 Å². The second kappa shape index (κ2) is 7.02. The minimum Gasteiger partial charge on any atom is -0.354 e. The summed E-state index contributed by atoms with van der Waals surface area (Å²) < 4.78 is 28.2. The number of rotatable bonds is 3. The van der Waals surface area contributed by atoms with E-state index in [2.05, 4.69) is 4.98 Å². The number of hydrogen-bond acceptors (Lipinski definition) is 5. The summed E-state index contributed by atoms with van der Waals surface area (Å²) in [5.74, 6) is 0.539. The van der Waals surface area contributed by atoms with E-state index in [1.165, 1.54) is 6.20 Å². The van der Waals surface area contributed by atoms with E-state index in [1.807, 2.05) is 35.2 Å². The molecule has 2 aliphatic rings. The van der Waals surface area contributed by atoms with Crippen LogP contribution >= 0.6 is 11.6 Å². The molecule has 0 spiro atoms. The Morgan fingerprint density at radius 2 is 2.07 bits per heavy atom. The number of benzene rings is 1. The van der Waals surface area contributed by atoms with E-state index in [4.69, 9.17) is 16.9 Å². The van der Waals surface area contributed by atoms with Crippen molar-refractivity contribution >= 4 is 33.1 Å². The van der Waals surface area contributed by atoms with Crippen molar-refractivity contribution in [3.05, 3.63) is 52.7 Å². The van der Waals surface area contributed by atoms with Crippen LogP contribution in [0.25, 0.3) is 0 Å². The lowest BCUT2D eigenvalue weighted by Crippen LogP contribution is -2.48. The summed E-state index contributed by atoms with van der Waals surface area (Å²) >= 11 is 6.28. The number of para-hydroxylation sites is 1. The molecule has 4 rings (SSSR count). The number of piperidine rings is 1. The summed E-state index contributed by atoms with van der Waals surface area (Å²) in [5, 5.41) is 8.83. The monoisotopic (exact) mass is 402 g/mol. The maximum Gasteiger partial charge on any atom is 0.239 e. The van der Waals surface area contributed by atoms with Crippen LogP contribution in [-0.4, -0.2) is 38.3 Å². The number of nitrogens with zero attached hydrogens (tertiary/aromatic N) is 4. The van der Waals surface area contributed by atoms with Crippen LogP contribution in [0.2, 0.25) is 5.02 Å².